The Labute approximate surface area is 123 Å². The minimum Gasteiger partial charge on any atom is -0.507 e. The van der Waals surface area contributed by atoms with Crippen LogP contribution in [0.15, 0.2) is 22.7 Å². The summed E-state index contributed by atoms with van der Waals surface area (Å²) in [6.45, 7) is 0. The van der Waals surface area contributed by atoms with Crippen LogP contribution < -0.4 is 5.32 Å². The zero-order chi connectivity index (χ0) is 14.4. The van der Waals surface area contributed by atoms with Gasteiger partial charge in [-0.05, 0) is 52.6 Å². The monoisotopic (exact) mass is 347 g/mol. The van der Waals surface area contributed by atoms with Crippen LogP contribution in [0.4, 0.5) is 0 Å². The van der Waals surface area contributed by atoms with E-state index in [1.807, 2.05) is 6.26 Å². The van der Waals surface area contributed by atoms with Crippen molar-refractivity contribution in [1.82, 2.24) is 5.32 Å². The van der Waals surface area contributed by atoms with Crippen molar-refractivity contribution in [3.05, 3.63) is 28.2 Å². The second-order valence-corrected chi connectivity index (χ2v) is 5.65. The Bertz CT molecular complexity index is 481. The number of hydrogen-bond acceptors (Lipinski definition) is 4. The van der Waals surface area contributed by atoms with E-state index in [9.17, 15) is 14.7 Å². The van der Waals surface area contributed by atoms with Crippen LogP contribution in [0, 0.1) is 0 Å². The first-order valence-corrected chi connectivity index (χ1v) is 7.65. The van der Waals surface area contributed by atoms with Gasteiger partial charge in [0.2, 0.25) is 0 Å². The summed E-state index contributed by atoms with van der Waals surface area (Å²) in [7, 11) is 0. The van der Waals surface area contributed by atoms with Gasteiger partial charge in [-0.15, -0.1) is 0 Å². The number of carbonyl (C=O) groups is 2. The van der Waals surface area contributed by atoms with Crippen LogP contribution in [-0.2, 0) is 4.79 Å². The van der Waals surface area contributed by atoms with Crippen molar-refractivity contribution in [2.45, 2.75) is 12.5 Å². The van der Waals surface area contributed by atoms with Gasteiger partial charge in [0.1, 0.15) is 11.8 Å². The molecule has 1 amide bonds. The average Bonchev–Trinajstić information content (AvgIpc) is 2.37. The number of rotatable bonds is 6. The van der Waals surface area contributed by atoms with Crippen LogP contribution in [-0.4, -0.2) is 40.1 Å². The number of hydrogen-bond donors (Lipinski definition) is 3. The standard InChI is InChI=1S/C12H14BrNO4S/c1-19-5-4-9(12(17)18)14-11(16)7-2-3-8(13)10(15)6-7/h2-3,6,9,15H,4-5H2,1H3,(H,14,16)(H,17,18)/t9-/m1/s1. The van der Waals surface area contributed by atoms with Gasteiger partial charge in [0.05, 0.1) is 4.47 Å². The van der Waals surface area contributed by atoms with E-state index in [4.69, 9.17) is 5.11 Å². The van der Waals surface area contributed by atoms with E-state index in [0.29, 0.717) is 16.6 Å². The highest BCUT2D eigenvalue weighted by molar-refractivity contribution is 9.10. The average molecular weight is 348 g/mol. The summed E-state index contributed by atoms with van der Waals surface area (Å²) in [5.74, 6) is -1.01. The van der Waals surface area contributed by atoms with Gasteiger partial charge >= 0.3 is 5.97 Å². The summed E-state index contributed by atoms with van der Waals surface area (Å²) in [5, 5.41) is 20.9. The van der Waals surface area contributed by atoms with Crippen molar-refractivity contribution in [3.63, 3.8) is 0 Å². The largest absolute Gasteiger partial charge is 0.507 e. The van der Waals surface area contributed by atoms with E-state index < -0.39 is 17.9 Å². The molecule has 5 nitrogen and oxygen atoms in total. The maximum atomic E-state index is 11.9. The summed E-state index contributed by atoms with van der Waals surface area (Å²) in [5.41, 5.74) is 0.219. The minimum atomic E-state index is -1.07. The zero-order valence-electron chi connectivity index (χ0n) is 10.2. The van der Waals surface area contributed by atoms with Crippen molar-refractivity contribution < 1.29 is 19.8 Å². The fourth-order valence-electron chi connectivity index (χ4n) is 1.39. The second-order valence-electron chi connectivity index (χ2n) is 3.81. The van der Waals surface area contributed by atoms with E-state index in [-0.39, 0.29) is 11.3 Å². The van der Waals surface area contributed by atoms with E-state index in [2.05, 4.69) is 21.2 Å². The molecule has 1 atom stereocenters. The van der Waals surface area contributed by atoms with Crippen molar-refractivity contribution in [1.29, 1.82) is 0 Å². The van der Waals surface area contributed by atoms with E-state index >= 15 is 0 Å². The van der Waals surface area contributed by atoms with E-state index in [1.54, 1.807) is 0 Å². The van der Waals surface area contributed by atoms with Gasteiger partial charge in [-0.2, -0.15) is 11.8 Å². The minimum absolute atomic E-state index is 0.0661. The van der Waals surface area contributed by atoms with Crippen molar-refractivity contribution in [2.75, 3.05) is 12.0 Å². The molecule has 0 unspecified atom stereocenters. The molecule has 1 aromatic carbocycles. The number of thioether (sulfide) groups is 1. The first kappa shape index (κ1) is 15.8. The number of halogens is 1. The number of benzene rings is 1. The Hall–Kier alpha value is -1.21. The summed E-state index contributed by atoms with van der Waals surface area (Å²) in [6, 6.07) is 3.40. The molecule has 0 radical (unpaired) electrons. The number of amides is 1. The second kappa shape index (κ2) is 7.40. The van der Waals surface area contributed by atoms with E-state index in [1.165, 1.54) is 30.0 Å². The third kappa shape index (κ3) is 4.76. The van der Waals surface area contributed by atoms with Gasteiger partial charge in [0.25, 0.3) is 5.91 Å². The topological polar surface area (TPSA) is 86.6 Å². The number of aromatic hydroxyl groups is 1. The van der Waals surface area contributed by atoms with Gasteiger partial charge in [-0.25, -0.2) is 4.79 Å². The lowest BCUT2D eigenvalue weighted by Gasteiger charge is -2.14. The van der Waals surface area contributed by atoms with Crippen molar-refractivity contribution in [2.24, 2.45) is 0 Å². The first-order chi connectivity index (χ1) is 8.95. The van der Waals surface area contributed by atoms with Gasteiger partial charge in [-0.3, -0.25) is 4.79 Å². The smallest absolute Gasteiger partial charge is 0.326 e. The number of nitrogens with one attached hydrogen (secondary N) is 1. The molecule has 0 bridgehead atoms. The van der Waals surface area contributed by atoms with Gasteiger partial charge in [0, 0.05) is 5.56 Å². The molecule has 0 heterocycles. The number of carboxylic acids is 1. The molecule has 0 fully saturated rings. The molecule has 0 spiro atoms. The normalized spacial score (nSPS) is 11.9. The van der Waals surface area contributed by atoms with Crippen LogP contribution in [0.2, 0.25) is 0 Å². The fraction of sp³-hybridized carbons (Fsp3) is 0.333. The number of carboxylic acid groups (broad SMARTS) is 1. The van der Waals surface area contributed by atoms with Gasteiger partial charge in [0.15, 0.2) is 0 Å². The number of carbonyl (C=O) groups excluding carboxylic acids is 1. The molecule has 0 aliphatic carbocycles. The number of aliphatic carboxylic acids is 1. The Morgan fingerprint density at radius 2 is 2.16 bits per heavy atom. The molecule has 0 saturated carbocycles. The predicted octanol–water partition coefficient (Wildman–Crippen LogP) is 2.09. The highest BCUT2D eigenvalue weighted by Crippen LogP contribution is 2.24. The number of phenols is 1. The molecular weight excluding hydrogens is 334 g/mol. The van der Waals surface area contributed by atoms with Crippen LogP contribution in [0.25, 0.3) is 0 Å². The lowest BCUT2D eigenvalue weighted by atomic mass is 10.1. The molecule has 0 aliphatic rings. The highest BCUT2D eigenvalue weighted by atomic mass is 79.9. The summed E-state index contributed by atoms with van der Waals surface area (Å²) < 4.78 is 0.473. The molecule has 0 aliphatic heterocycles. The summed E-state index contributed by atoms with van der Waals surface area (Å²) in [6.07, 6.45) is 2.22. The highest BCUT2D eigenvalue weighted by Gasteiger charge is 2.20. The van der Waals surface area contributed by atoms with Gasteiger partial charge in [-0.1, -0.05) is 0 Å². The SMILES string of the molecule is CSCC[C@@H](NC(=O)c1ccc(Br)c(O)c1)C(=O)O. The summed E-state index contributed by atoms with van der Waals surface area (Å²) >= 11 is 4.62. The van der Waals surface area contributed by atoms with Crippen molar-refractivity contribution >= 4 is 39.6 Å². The molecule has 0 aromatic heterocycles. The predicted molar refractivity (Wildman–Crippen MR) is 77.7 cm³/mol. The maximum Gasteiger partial charge on any atom is 0.326 e. The van der Waals surface area contributed by atoms with Crippen LogP contribution in [0.1, 0.15) is 16.8 Å². The quantitative estimate of drug-likeness (QED) is 0.733. The lowest BCUT2D eigenvalue weighted by molar-refractivity contribution is -0.139. The molecule has 0 saturated heterocycles. The maximum absolute atomic E-state index is 11.9. The van der Waals surface area contributed by atoms with E-state index in [0.717, 1.165) is 0 Å². The molecule has 1 rings (SSSR count). The molecule has 1 aromatic rings. The Morgan fingerprint density at radius 1 is 1.47 bits per heavy atom. The lowest BCUT2D eigenvalue weighted by Crippen LogP contribution is -2.41. The molecule has 19 heavy (non-hydrogen) atoms. The molecule has 104 valence electrons. The van der Waals surface area contributed by atoms with Gasteiger partial charge < -0.3 is 15.5 Å². The Balaban J connectivity index is 2.75. The summed E-state index contributed by atoms with van der Waals surface area (Å²) in [4.78, 5) is 22.9. The van der Waals surface area contributed by atoms with Crippen LogP contribution in [0.5, 0.6) is 5.75 Å². The Morgan fingerprint density at radius 3 is 2.68 bits per heavy atom. The molecule has 7 heteroatoms. The van der Waals surface area contributed by atoms with Crippen molar-refractivity contribution in [3.8, 4) is 5.75 Å². The third-order valence-corrected chi connectivity index (χ3v) is 3.74. The molecular formula is C12H14BrNO4S. The fourth-order valence-corrected chi connectivity index (χ4v) is 2.11. The first-order valence-electron chi connectivity index (χ1n) is 5.46. The van der Waals surface area contributed by atoms with Crippen LogP contribution in [0.3, 0.4) is 0 Å². The zero-order valence-corrected chi connectivity index (χ0v) is 12.6. The third-order valence-electron chi connectivity index (χ3n) is 2.42. The number of phenolic OH excluding ortho intramolecular Hbond substituents is 1. The molecule has 3 N–H and O–H groups in total. The Kier molecular flexibility index (Phi) is 6.17. The van der Waals surface area contributed by atoms with Crippen LogP contribution >= 0.6 is 27.7 Å².